The van der Waals surface area contributed by atoms with Crippen molar-refractivity contribution < 1.29 is 9.59 Å². The summed E-state index contributed by atoms with van der Waals surface area (Å²) in [6, 6.07) is 22.7. The molecule has 0 bridgehead atoms. The van der Waals surface area contributed by atoms with Crippen molar-refractivity contribution in [3.8, 4) is 22.5 Å². The number of nitrogens with zero attached hydrogens (tertiary/aromatic N) is 4. The van der Waals surface area contributed by atoms with E-state index in [0.29, 0.717) is 57.0 Å². The topological polar surface area (TPSA) is 120 Å². The van der Waals surface area contributed by atoms with Gasteiger partial charge < -0.3 is 30.7 Å². The Balaban J connectivity index is 1.06. The molecular weight excluding hydrogens is 798 g/mol. The number of piperidine rings is 3. The smallest absolute Gasteiger partial charge is 0.326 e. The summed E-state index contributed by atoms with van der Waals surface area (Å²) in [5.74, 6) is 1.32. The van der Waals surface area contributed by atoms with Crippen LogP contribution in [0.15, 0.2) is 86.5 Å². The summed E-state index contributed by atoms with van der Waals surface area (Å²) in [6.45, 7) is 4.64. The van der Waals surface area contributed by atoms with E-state index in [-0.39, 0.29) is 23.7 Å². The third kappa shape index (κ3) is 8.44. The third-order valence-electron chi connectivity index (χ3n) is 11.6. The van der Waals surface area contributed by atoms with Crippen LogP contribution < -0.4 is 16.7 Å². The van der Waals surface area contributed by atoms with Gasteiger partial charge in [0, 0.05) is 58.7 Å². The Morgan fingerprint density at radius 2 is 1.32 bits per heavy atom. The number of imidazole rings is 1. The molecule has 3 aliphatic heterocycles. The van der Waals surface area contributed by atoms with Crippen LogP contribution in [0.25, 0.3) is 22.5 Å². The van der Waals surface area contributed by atoms with Crippen molar-refractivity contribution in [3.63, 3.8) is 0 Å². The van der Waals surface area contributed by atoms with Crippen LogP contribution in [0.3, 0.4) is 0 Å². The fraction of sp³-hybridized carbons (Fsp3) is 0.439. The zero-order valence-electron chi connectivity index (χ0n) is 30.3. The molecule has 4 aromatic rings. The van der Waals surface area contributed by atoms with Gasteiger partial charge in [-0.25, -0.2) is 9.59 Å². The van der Waals surface area contributed by atoms with E-state index < -0.39 is 6.04 Å². The average Bonchev–Trinajstić information content (AvgIpc) is 3.54. The predicted molar refractivity (Wildman–Crippen MR) is 218 cm³/mol. The zero-order chi connectivity index (χ0) is 37.1. The number of aromatic nitrogens is 2. The van der Waals surface area contributed by atoms with Crippen LogP contribution in [-0.2, 0) is 11.2 Å². The average molecular weight is 848 g/mol. The van der Waals surface area contributed by atoms with Gasteiger partial charge in [0.1, 0.15) is 6.04 Å². The quantitative estimate of drug-likeness (QED) is 0.163. The van der Waals surface area contributed by atoms with Gasteiger partial charge in [0.05, 0.1) is 17.1 Å². The minimum absolute atomic E-state index is 0.0426. The number of urea groups is 1. The van der Waals surface area contributed by atoms with Gasteiger partial charge in [-0.05, 0) is 120 Å². The summed E-state index contributed by atoms with van der Waals surface area (Å²) in [5, 5.41) is 3.15. The number of carbonyl (C=O) groups is 2. The lowest BCUT2D eigenvalue weighted by Crippen LogP contribution is -2.55. The second-order valence-electron chi connectivity index (χ2n) is 15.0. The fourth-order valence-corrected chi connectivity index (χ4v) is 9.84. The number of likely N-dealkylation sites (tertiary alicyclic amines) is 3. The van der Waals surface area contributed by atoms with Crippen molar-refractivity contribution in [1.82, 2.24) is 29.6 Å². The van der Waals surface area contributed by atoms with Crippen LogP contribution in [0.2, 0.25) is 0 Å². The summed E-state index contributed by atoms with van der Waals surface area (Å²) in [6.07, 6.45) is 6.03. The van der Waals surface area contributed by atoms with Crippen molar-refractivity contribution in [2.75, 3.05) is 52.0 Å². The van der Waals surface area contributed by atoms with Crippen LogP contribution in [0.1, 0.15) is 50.1 Å². The Labute approximate surface area is 328 Å². The molecular formula is C41H49Br2N7O3. The minimum atomic E-state index is -0.729. The molecule has 1 atom stereocenters. The summed E-state index contributed by atoms with van der Waals surface area (Å²) in [4.78, 5) is 51.1. The monoisotopic (exact) mass is 845 g/mol. The molecule has 0 saturated carbocycles. The molecule has 0 unspecified atom stereocenters. The van der Waals surface area contributed by atoms with Crippen molar-refractivity contribution in [2.45, 2.75) is 57.0 Å². The lowest BCUT2D eigenvalue weighted by Gasteiger charge is -2.40. The second kappa shape index (κ2) is 16.7. The van der Waals surface area contributed by atoms with Gasteiger partial charge in [-0.15, -0.1) is 0 Å². The standard InChI is InChI=1S/C41H49Br2N7O3/c1-47-18-12-28(13-19-47)29-14-20-48(21-15-29)39(51)35(26-27-24-33(42)36(44)34(43)25-27)45-40(52)49-22-16-32(17-23-49)50-38(31-10-6-3-7-11-31)37(46-41(50)53)30-8-4-2-5-9-30/h2-11,24-25,28-29,32,35H,12-23,26,44H2,1H3,(H,45,52)(H,46,53)/t35-/m1/s1. The van der Waals surface area contributed by atoms with Crippen LogP contribution in [0.5, 0.6) is 0 Å². The molecule has 3 saturated heterocycles. The first-order valence-electron chi connectivity index (χ1n) is 18.9. The lowest BCUT2D eigenvalue weighted by atomic mass is 9.79. The van der Waals surface area contributed by atoms with Gasteiger partial charge in [-0.3, -0.25) is 9.36 Å². The van der Waals surface area contributed by atoms with Crippen LogP contribution in [-0.4, -0.2) is 88.5 Å². The zero-order valence-corrected chi connectivity index (χ0v) is 33.4. The number of rotatable bonds is 8. The number of hydrogen-bond acceptors (Lipinski definition) is 5. The van der Waals surface area contributed by atoms with Gasteiger partial charge in [-0.2, -0.15) is 0 Å². The van der Waals surface area contributed by atoms with Gasteiger partial charge in [0.25, 0.3) is 0 Å². The third-order valence-corrected chi connectivity index (χ3v) is 12.9. The van der Waals surface area contributed by atoms with Crippen molar-refractivity contribution in [2.24, 2.45) is 11.8 Å². The largest absolute Gasteiger partial charge is 0.397 e. The lowest BCUT2D eigenvalue weighted by molar-refractivity contribution is -0.135. The number of carbonyl (C=O) groups excluding carboxylic acids is 2. The van der Waals surface area contributed by atoms with Gasteiger partial charge in [0.2, 0.25) is 5.91 Å². The number of nitrogen functional groups attached to an aromatic ring is 1. The highest BCUT2D eigenvalue weighted by molar-refractivity contribution is 9.11. The molecule has 53 heavy (non-hydrogen) atoms. The molecule has 4 heterocycles. The van der Waals surface area contributed by atoms with Crippen LogP contribution in [0, 0.1) is 11.8 Å². The minimum Gasteiger partial charge on any atom is -0.397 e. The number of hydrogen-bond donors (Lipinski definition) is 3. The highest BCUT2D eigenvalue weighted by Crippen LogP contribution is 2.36. The molecule has 0 radical (unpaired) electrons. The molecule has 0 aliphatic carbocycles. The molecule has 1 aromatic heterocycles. The maximum absolute atomic E-state index is 14.2. The Kier molecular flexibility index (Phi) is 11.8. The Hall–Kier alpha value is -3.87. The number of amides is 3. The predicted octanol–water partition coefficient (Wildman–Crippen LogP) is 7.16. The summed E-state index contributed by atoms with van der Waals surface area (Å²) in [5.41, 5.74) is 11.1. The van der Waals surface area contributed by atoms with E-state index >= 15 is 0 Å². The number of halogens is 2. The Morgan fingerprint density at radius 1 is 0.792 bits per heavy atom. The highest BCUT2D eigenvalue weighted by atomic mass is 79.9. The van der Waals surface area contributed by atoms with E-state index in [4.69, 9.17) is 5.73 Å². The summed E-state index contributed by atoms with van der Waals surface area (Å²) in [7, 11) is 2.19. The number of benzene rings is 3. The molecule has 0 spiro atoms. The molecule has 12 heteroatoms. The molecule has 3 aliphatic rings. The van der Waals surface area contributed by atoms with Crippen LogP contribution in [0.4, 0.5) is 10.5 Å². The molecule has 280 valence electrons. The van der Waals surface area contributed by atoms with E-state index in [1.54, 1.807) is 4.90 Å². The Bertz CT molecular complexity index is 1920. The highest BCUT2D eigenvalue weighted by Gasteiger charge is 2.35. The normalized spacial score (nSPS) is 18.6. The molecule has 4 N–H and O–H groups in total. The molecule has 3 aromatic carbocycles. The number of nitrogens with one attached hydrogen (secondary N) is 2. The molecule has 3 amide bonds. The first-order chi connectivity index (χ1) is 25.7. The molecule has 7 rings (SSSR count). The maximum Gasteiger partial charge on any atom is 0.326 e. The van der Waals surface area contributed by atoms with E-state index in [0.717, 1.165) is 68.9 Å². The maximum atomic E-state index is 14.2. The van der Waals surface area contributed by atoms with E-state index in [1.807, 2.05) is 82.3 Å². The second-order valence-corrected chi connectivity index (χ2v) is 16.7. The first kappa shape index (κ1) is 37.4. The number of aromatic amines is 1. The van der Waals surface area contributed by atoms with Gasteiger partial charge in [0.15, 0.2) is 0 Å². The molecule has 3 fully saturated rings. The van der Waals surface area contributed by atoms with E-state index in [9.17, 15) is 14.4 Å². The Morgan fingerprint density at radius 3 is 1.91 bits per heavy atom. The van der Waals surface area contributed by atoms with Gasteiger partial charge in [-0.1, -0.05) is 60.7 Å². The summed E-state index contributed by atoms with van der Waals surface area (Å²) >= 11 is 7.10. The SMILES string of the molecule is CN1CCC(C2CCN(C(=O)[C@@H](Cc3cc(Br)c(N)c(Br)c3)NC(=O)N3CCC(n4c(-c5ccccc5)c(-c5ccccc5)[nH]c4=O)CC3)CC2)CC1. The van der Waals surface area contributed by atoms with Crippen molar-refractivity contribution >= 4 is 49.5 Å². The fourth-order valence-electron chi connectivity index (χ4n) is 8.56. The number of anilines is 1. The summed E-state index contributed by atoms with van der Waals surface area (Å²) < 4.78 is 3.36. The van der Waals surface area contributed by atoms with Crippen molar-refractivity contribution in [1.29, 1.82) is 0 Å². The van der Waals surface area contributed by atoms with E-state index in [2.05, 4.69) is 54.1 Å². The number of nitrogens with two attached hydrogens (primary N) is 1. The molecule has 10 nitrogen and oxygen atoms in total. The van der Waals surface area contributed by atoms with Crippen molar-refractivity contribution in [3.05, 3.63) is 97.8 Å². The first-order valence-corrected chi connectivity index (χ1v) is 20.5. The van der Waals surface area contributed by atoms with E-state index in [1.165, 1.54) is 12.8 Å². The number of H-pyrrole nitrogens is 1. The van der Waals surface area contributed by atoms with Gasteiger partial charge >= 0.3 is 11.7 Å². The van der Waals surface area contributed by atoms with Crippen LogP contribution >= 0.6 is 31.9 Å².